The molecule has 1 fully saturated rings. The van der Waals surface area contributed by atoms with E-state index in [1.165, 1.54) is 54.8 Å². The number of rotatable bonds is 2. The molecule has 1 aliphatic heterocycles. The summed E-state index contributed by atoms with van der Waals surface area (Å²) in [4.78, 5) is 2.54. The van der Waals surface area contributed by atoms with E-state index in [1.807, 2.05) is 0 Å². The lowest BCUT2D eigenvalue weighted by molar-refractivity contribution is 0.571. The quantitative estimate of drug-likeness (QED) is 0.663. The number of anilines is 1. The first kappa shape index (κ1) is 12.5. The van der Waals surface area contributed by atoms with Crippen LogP contribution in [0, 0.1) is 0 Å². The van der Waals surface area contributed by atoms with E-state index in [4.69, 9.17) is 0 Å². The van der Waals surface area contributed by atoms with E-state index in [0.29, 0.717) is 0 Å². The maximum Gasteiger partial charge on any atom is 0.114 e. The molecule has 21 heavy (non-hydrogen) atoms. The topological polar surface area (TPSA) is 8.17 Å². The fourth-order valence-corrected chi connectivity index (χ4v) is 3.34. The number of hydrogen-bond donors (Lipinski definition) is 0. The van der Waals surface area contributed by atoms with Gasteiger partial charge < -0.3 is 4.90 Å². The van der Waals surface area contributed by atoms with Gasteiger partial charge in [-0.2, -0.15) is 0 Å². The van der Waals surface area contributed by atoms with E-state index in [1.54, 1.807) is 0 Å². The molecular weight excluding hydrogens is 256 g/mol. The zero-order valence-electron chi connectivity index (χ0n) is 12.2. The van der Waals surface area contributed by atoms with Crippen molar-refractivity contribution < 1.29 is 0 Å². The van der Waals surface area contributed by atoms with Crippen LogP contribution in [0.2, 0.25) is 0 Å². The minimum absolute atomic E-state index is 1.17. The van der Waals surface area contributed by atoms with Gasteiger partial charge in [-0.15, -0.1) is 0 Å². The monoisotopic (exact) mass is 276 g/mol. The normalized spacial score (nSPS) is 15.5. The molecule has 4 rings (SSSR count). The van der Waals surface area contributed by atoms with E-state index in [2.05, 4.69) is 70.1 Å². The Balaban J connectivity index is 1.92. The number of para-hydroxylation sites is 2. The van der Waals surface area contributed by atoms with Crippen molar-refractivity contribution in [3.8, 4) is 5.69 Å². The molecule has 0 aliphatic carbocycles. The first-order chi connectivity index (χ1) is 10.4. The predicted octanol–water partition coefficient (Wildman–Crippen LogP) is 4.62. The molecule has 0 spiro atoms. The van der Waals surface area contributed by atoms with Gasteiger partial charge in [0.05, 0.1) is 5.52 Å². The molecule has 0 amide bonds. The molecule has 0 bridgehead atoms. The van der Waals surface area contributed by atoms with Crippen LogP contribution in [0.4, 0.5) is 5.82 Å². The van der Waals surface area contributed by atoms with Crippen LogP contribution in [-0.2, 0) is 0 Å². The van der Waals surface area contributed by atoms with E-state index in [9.17, 15) is 0 Å². The van der Waals surface area contributed by atoms with Crippen LogP contribution in [0.25, 0.3) is 16.6 Å². The highest BCUT2D eigenvalue weighted by molar-refractivity contribution is 5.87. The smallest absolute Gasteiger partial charge is 0.114 e. The highest BCUT2D eigenvalue weighted by Gasteiger charge is 2.18. The maximum absolute atomic E-state index is 2.54. The average Bonchev–Trinajstić information content (AvgIpc) is 2.96. The summed E-state index contributed by atoms with van der Waals surface area (Å²) in [5, 5.41) is 1.32. The second-order valence-electron chi connectivity index (χ2n) is 5.78. The first-order valence-electron chi connectivity index (χ1n) is 7.84. The highest BCUT2D eigenvalue weighted by Crippen LogP contribution is 2.31. The molecule has 0 unspecified atom stereocenters. The van der Waals surface area contributed by atoms with Gasteiger partial charge >= 0.3 is 0 Å². The van der Waals surface area contributed by atoms with Gasteiger partial charge in [-0.05, 0) is 43.5 Å². The van der Waals surface area contributed by atoms with E-state index in [-0.39, 0.29) is 0 Å². The number of hydrogen-bond acceptors (Lipinski definition) is 1. The Bertz CT molecular complexity index is 737. The second-order valence-corrected chi connectivity index (χ2v) is 5.78. The summed E-state index contributed by atoms with van der Waals surface area (Å²) in [6.07, 6.45) is 3.97. The molecule has 0 radical (unpaired) electrons. The average molecular weight is 276 g/mol. The summed E-state index contributed by atoms with van der Waals surface area (Å²) in [5.74, 6) is 1.34. The molecule has 106 valence electrons. The Morgan fingerprint density at radius 3 is 2.24 bits per heavy atom. The summed E-state index contributed by atoms with van der Waals surface area (Å²) in [5.41, 5.74) is 2.54. The minimum Gasteiger partial charge on any atom is -0.358 e. The van der Waals surface area contributed by atoms with Gasteiger partial charge in [-0.1, -0.05) is 36.4 Å². The third-order valence-corrected chi connectivity index (χ3v) is 4.39. The molecular formula is C19H20N2. The lowest BCUT2D eigenvalue weighted by atomic mass is 10.1. The van der Waals surface area contributed by atoms with Gasteiger partial charge in [0, 0.05) is 24.2 Å². The number of benzene rings is 2. The van der Waals surface area contributed by atoms with E-state index in [0.717, 1.165) is 0 Å². The van der Waals surface area contributed by atoms with Crippen LogP contribution in [0.1, 0.15) is 19.3 Å². The summed E-state index contributed by atoms with van der Waals surface area (Å²) in [6.45, 7) is 2.34. The largest absolute Gasteiger partial charge is 0.358 e. The summed E-state index contributed by atoms with van der Waals surface area (Å²) in [7, 11) is 0. The van der Waals surface area contributed by atoms with Crippen molar-refractivity contribution in [3.63, 3.8) is 0 Å². The molecule has 0 atom stereocenters. The fraction of sp³-hybridized carbons (Fsp3) is 0.263. The van der Waals surface area contributed by atoms with Crippen LogP contribution in [0.5, 0.6) is 0 Å². The standard InChI is InChI=1S/C19H20N2/c1-3-10-17(11-4-1)21-18-12-6-5-9-16(18)15-19(21)20-13-7-2-8-14-20/h1,3-6,9-12,15H,2,7-8,13-14H2. The molecule has 3 aromatic rings. The molecule has 2 heterocycles. The summed E-state index contributed by atoms with van der Waals surface area (Å²) < 4.78 is 2.40. The molecule has 2 heteroatoms. The summed E-state index contributed by atoms with van der Waals surface area (Å²) in [6, 6.07) is 21.7. The zero-order chi connectivity index (χ0) is 14.1. The molecule has 0 N–H and O–H groups in total. The molecule has 1 saturated heterocycles. The van der Waals surface area contributed by atoms with Crippen molar-refractivity contribution in [2.45, 2.75) is 19.3 Å². The highest BCUT2D eigenvalue weighted by atomic mass is 15.2. The molecule has 1 aliphatic rings. The number of piperidine rings is 1. The molecule has 0 saturated carbocycles. The zero-order valence-corrected chi connectivity index (χ0v) is 12.2. The van der Waals surface area contributed by atoms with Gasteiger partial charge in [0.25, 0.3) is 0 Å². The Kier molecular flexibility index (Phi) is 3.15. The Labute approximate surface area is 125 Å². The number of fused-ring (bicyclic) bond motifs is 1. The third kappa shape index (κ3) is 2.21. The number of nitrogens with zero attached hydrogens (tertiary/aromatic N) is 2. The van der Waals surface area contributed by atoms with Gasteiger partial charge in [0.1, 0.15) is 5.82 Å². The van der Waals surface area contributed by atoms with Gasteiger partial charge in [-0.25, -0.2) is 0 Å². The summed E-state index contributed by atoms with van der Waals surface area (Å²) >= 11 is 0. The second kappa shape index (κ2) is 5.28. The van der Waals surface area contributed by atoms with Gasteiger partial charge in [0.2, 0.25) is 0 Å². The number of aromatic nitrogens is 1. The van der Waals surface area contributed by atoms with Crippen LogP contribution < -0.4 is 4.90 Å². The maximum atomic E-state index is 2.54. The van der Waals surface area contributed by atoms with Gasteiger partial charge in [-0.3, -0.25) is 4.57 Å². The van der Waals surface area contributed by atoms with E-state index < -0.39 is 0 Å². The Hall–Kier alpha value is -2.22. The van der Waals surface area contributed by atoms with Gasteiger partial charge in [0.15, 0.2) is 0 Å². The lowest BCUT2D eigenvalue weighted by Gasteiger charge is -2.29. The predicted molar refractivity (Wildman–Crippen MR) is 89.3 cm³/mol. The first-order valence-corrected chi connectivity index (χ1v) is 7.84. The van der Waals surface area contributed by atoms with Crippen molar-refractivity contribution in [2.75, 3.05) is 18.0 Å². The van der Waals surface area contributed by atoms with Crippen molar-refractivity contribution in [2.24, 2.45) is 0 Å². The minimum atomic E-state index is 1.17. The van der Waals surface area contributed by atoms with Crippen LogP contribution in [0.3, 0.4) is 0 Å². The van der Waals surface area contributed by atoms with Crippen molar-refractivity contribution in [3.05, 3.63) is 60.7 Å². The SMILES string of the molecule is c1ccc(-n2c(N3CCCCC3)cc3ccccc32)cc1. The van der Waals surface area contributed by atoms with Crippen molar-refractivity contribution in [1.82, 2.24) is 4.57 Å². The van der Waals surface area contributed by atoms with Crippen molar-refractivity contribution >= 4 is 16.7 Å². The molecule has 2 nitrogen and oxygen atoms in total. The third-order valence-electron chi connectivity index (χ3n) is 4.39. The van der Waals surface area contributed by atoms with E-state index >= 15 is 0 Å². The Morgan fingerprint density at radius 1 is 0.714 bits per heavy atom. The Morgan fingerprint density at radius 2 is 1.43 bits per heavy atom. The van der Waals surface area contributed by atoms with Crippen LogP contribution in [-0.4, -0.2) is 17.7 Å². The van der Waals surface area contributed by atoms with Crippen molar-refractivity contribution in [1.29, 1.82) is 0 Å². The molecule has 2 aromatic carbocycles. The molecule has 1 aromatic heterocycles. The van der Waals surface area contributed by atoms with Crippen LogP contribution in [0.15, 0.2) is 60.7 Å². The lowest BCUT2D eigenvalue weighted by Crippen LogP contribution is -2.30. The fourth-order valence-electron chi connectivity index (χ4n) is 3.34. The van der Waals surface area contributed by atoms with Crippen LogP contribution >= 0.6 is 0 Å².